The number of aromatic carboxylic acids is 1. The van der Waals surface area contributed by atoms with Gasteiger partial charge in [-0.3, -0.25) is 0 Å². The van der Waals surface area contributed by atoms with Crippen LogP contribution in [-0.2, 0) is 17.9 Å². The minimum absolute atomic E-state index is 0.280. The third-order valence-corrected chi connectivity index (χ3v) is 3.15. The average molecular weight is 388 g/mol. The Morgan fingerprint density at radius 2 is 1.85 bits per heavy atom. The van der Waals surface area contributed by atoms with Gasteiger partial charge in [-0.05, 0) is 37.1 Å². The quantitative estimate of drug-likeness (QED) is 0.696. The first-order valence-electron chi connectivity index (χ1n) is 7.80. The smallest absolute Gasteiger partial charge is 0.478 e. The number of carbonyl (C=O) groups is 2. The second-order valence-corrected chi connectivity index (χ2v) is 5.45. The molecule has 2 aromatic rings. The number of halogens is 3. The van der Waals surface area contributed by atoms with Crippen LogP contribution in [-0.4, -0.2) is 43.1 Å². The average Bonchev–Trinajstić information content (AvgIpc) is 2.99. The van der Waals surface area contributed by atoms with Gasteiger partial charge in [-0.25, -0.2) is 19.3 Å². The van der Waals surface area contributed by atoms with Gasteiger partial charge in [0.25, 0.3) is 0 Å². The number of benzene rings is 1. The van der Waals surface area contributed by atoms with Gasteiger partial charge < -0.3 is 15.5 Å². The van der Waals surface area contributed by atoms with Gasteiger partial charge in [0.05, 0.1) is 12.1 Å². The lowest BCUT2D eigenvalue weighted by Gasteiger charge is -2.09. The number of alkyl halides is 3. The van der Waals surface area contributed by atoms with Crippen molar-refractivity contribution in [1.82, 2.24) is 14.8 Å². The van der Waals surface area contributed by atoms with Crippen molar-refractivity contribution >= 4 is 17.6 Å². The molecule has 8 nitrogen and oxygen atoms in total. The van der Waals surface area contributed by atoms with Crippen molar-refractivity contribution in [3.05, 3.63) is 41.5 Å². The summed E-state index contributed by atoms with van der Waals surface area (Å²) in [6, 6.07) is 5.18. The van der Waals surface area contributed by atoms with Crippen molar-refractivity contribution in [1.29, 1.82) is 0 Å². The maximum absolute atomic E-state index is 11.0. The van der Waals surface area contributed by atoms with Crippen LogP contribution in [0.2, 0.25) is 0 Å². The summed E-state index contributed by atoms with van der Waals surface area (Å²) in [5.74, 6) is -2.84. The summed E-state index contributed by atoms with van der Waals surface area (Å²) in [6.45, 7) is 5.30. The van der Waals surface area contributed by atoms with Gasteiger partial charge in [0.1, 0.15) is 12.2 Å². The number of aromatic nitrogens is 3. The van der Waals surface area contributed by atoms with E-state index in [1.807, 2.05) is 17.7 Å². The molecular formula is C16H19F3N4O4. The molecule has 0 radical (unpaired) electrons. The number of nitrogens with one attached hydrogen (secondary N) is 1. The van der Waals surface area contributed by atoms with Gasteiger partial charge in [0.15, 0.2) is 0 Å². The maximum Gasteiger partial charge on any atom is 0.490 e. The summed E-state index contributed by atoms with van der Waals surface area (Å²) in [7, 11) is 0. The van der Waals surface area contributed by atoms with Crippen molar-refractivity contribution in [3.8, 4) is 0 Å². The van der Waals surface area contributed by atoms with Crippen LogP contribution in [0.4, 0.5) is 18.9 Å². The van der Waals surface area contributed by atoms with Crippen molar-refractivity contribution < 1.29 is 33.0 Å². The van der Waals surface area contributed by atoms with E-state index in [2.05, 4.69) is 22.3 Å². The summed E-state index contributed by atoms with van der Waals surface area (Å²) in [6.07, 6.45) is -2.56. The summed E-state index contributed by atoms with van der Waals surface area (Å²) < 4.78 is 33.6. The minimum Gasteiger partial charge on any atom is -0.478 e. The molecule has 148 valence electrons. The molecule has 11 heteroatoms. The molecule has 3 N–H and O–H groups in total. The molecule has 0 spiro atoms. The van der Waals surface area contributed by atoms with Gasteiger partial charge >= 0.3 is 18.1 Å². The second kappa shape index (κ2) is 9.55. The zero-order valence-corrected chi connectivity index (χ0v) is 14.6. The Labute approximate surface area is 152 Å². The van der Waals surface area contributed by atoms with Crippen LogP contribution in [0.25, 0.3) is 0 Å². The van der Waals surface area contributed by atoms with Gasteiger partial charge in [0.2, 0.25) is 0 Å². The van der Waals surface area contributed by atoms with Crippen LogP contribution >= 0.6 is 0 Å². The number of hydrogen-bond donors (Lipinski definition) is 3. The van der Waals surface area contributed by atoms with Crippen LogP contribution in [0, 0.1) is 6.92 Å². The van der Waals surface area contributed by atoms with Crippen LogP contribution in [0.1, 0.15) is 35.1 Å². The minimum atomic E-state index is -5.08. The Morgan fingerprint density at radius 1 is 1.22 bits per heavy atom. The first kappa shape index (κ1) is 21.9. The second-order valence-electron chi connectivity index (χ2n) is 5.45. The highest BCUT2D eigenvalue weighted by Gasteiger charge is 2.38. The molecule has 0 aliphatic rings. The number of rotatable bonds is 6. The fourth-order valence-electron chi connectivity index (χ4n) is 2.01. The molecule has 1 aromatic carbocycles. The molecule has 0 saturated carbocycles. The molecule has 27 heavy (non-hydrogen) atoms. The topological polar surface area (TPSA) is 117 Å². The van der Waals surface area contributed by atoms with E-state index in [1.54, 1.807) is 12.1 Å². The van der Waals surface area contributed by atoms with E-state index in [4.69, 9.17) is 15.0 Å². The first-order chi connectivity index (χ1) is 12.5. The van der Waals surface area contributed by atoms with Gasteiger partial charge in [-0.1, -0.05) is 6.92 Å². The Balaban J connectivity index is 0.000000445. The van der Waals surface area contributed by atoms with Gasteiger partial charge in [0, 0.05) is 12.2 Å². The number of anilines is 1. The largest absolute Gasteiger partial charge is 0.490 e. The van der Waals surface area contributed by atoms with E-state index in [0.29, 0.717) is 6.54 Å². The molecule has 0 aliphatic heterocycles. The Kier molecular flexibility index (Phi) is 7.76. The number of aliphatic carboxylic acids is 1. The predicted molar refractivity (Wildman–Crippen MR) is 89.5 cm³/mol. The Hall–Kier alpha value is -3.11. The lowest BCUT2D eigenvalue weighted by molar-refractivity contribution is -0.192. The third kappa shape index (κ3) is 7.34. The summed E-state index contributed by atoms with van der Waals surface area (Å²) in [4.78, 5) is 24.1. The summed E-state index contributed by atoms with van der Waals surface area (Å²) in [5.41, 5.74) is 1.96. The van der Waals surface area contributed by atoms with E-state index in [1.165, 1.54) is 6.33 Å². The fraction of sp³-hybridized carbons (Fsp3) is 0.375. The van der Waals surface area contributed by atoms with Gasteiger partial charge in [-0.15, -0.1) is 0 Å². The number of nitrogens with zero attached hydrogens (tertiary/aromatic N) is 3. The molecule has 2 rings (SSSR count). The highest BCUT2D eigenvalue weighted by atomic mass is 19.4. The molecule has 0 atom stereocenters. The molecule has 1 aromatic heterocycles. The highest BCUT2D eigenvalue weighted by molar-refractivity contribution is 5.89. The zero-order chi connectivity index (χ0) is 20.6. The molecule has 0 amide bonds. The van der Waals surface area contributed by atoms with E-state index in [9.17, 15) is 18.0 Å². The monoisotopic (exact) mass is 388 g/mol. The number of aryl methyl sites for hydroxylation is 2. The van der Waals surface area contributed by atoms with E-state index in [0.717, 1.165) is 30.0 Å². The van der Waals surface area contributed by atoms with Crippen LogP contribution in [0.15, 0.2) is 24.5 Å². The SMILES string of the molecule is CCCn1ncnc1CNc1cc(C)cc(C(=O)O)c1.O=C(O)C(F)(F)F. The third-order valence-electron chi connectivity index (χ3n) is 3.15. The van der Waals surface area contributed by atoms with Crippen molar-refractivity contribution in [2.24, 2.45) is 0 Å². The molecule has 0 bridgehead atoms. The van der Waals surface area contributed by atoms with E-state index >= 15 is 0 Å². The normalized spacial score (nSPS) is 10.7. The lowest BCUT2D eigenvalue weighted by atomic mass is 10.1. The van der Waals surface area contributed by atoms with E-state index < -0.39 is 18.1 Å². The highest BCUT2D eigenvalue weighted by Crippen LogP contribution is 2.15. The number of carboxylic acids is 2. The number of carboxylic acid groups (broad SMARTS) is 2. The molecule has 0 unspecified atom stereocenters. The number of hydrogen-bond acceptors (Lipinski definition) is 5. The summed E-state index contributed by atoms with van der Waals surface area (Å²) in [5, 5.41) is 23.5. The summed E-state index contributed by atoms with van der Waals surface area (Å²) >= 11 is 0. The lowest BCUT2D eigenvalue weighted by Crippen LogP contribution is -2.21. The van der Waals surface area contributed by atoms with Crippen molar-refractivity contribution in [2.45, 2.75) is 39.5 Å². The predicted octanol–water partition coefficient (Wildman–Crippen LogP) is 2.94. The van der Waals surface area contributed by atoms with Crippen molar-refractivity contribution in [2.75, 3.05) is 5.32 Å². The van der Waals surface area contributed by atoms with Crippen LogP contribution < -0.4 is 5.32 Å². The molecule has 0 aliphatic carbocycles. The van der Waals surface area contributed by atoms with Gasteiger partial charge in [-0.2, -0.15) is 18.3 Å². The maximum atomic E-state index is 11.0. The molecule has 0 saturated heterocycles. The fourth-order valence-corrected chi connectivity index (χ4v) is 2.01. The van der Waals surface area contributed by atoms with Crippen LogP contribution in [0.3, 0.4) is 0 Å². The molecule has 1 heterocycles. The standard InChI is InChI=1S/C14H18N4O2.C2HF3O2/c1-3-4-18-13(16-9-17-18)8-15-12-6-10(2)5-11(7-12)14(19)20;3-2(4,5)1(6)7/h5-7,9,15H,3-4,8H2,1-2H3,(H,19,20);(H,6,7). The van der Waals surface area contributed by atoms with E-state index in [-0.39, 0.29) is 5.56 Å². The molecule has 0 fully saturated rings. The van der Waals surface area contributed by atoms with Crippen molar-refractivity contribution in [3.63, 3.8) is 0 Å². The molecular weight excluding hydrogens is 369 g/mol. The zero-order valence-electron chi connectivity index (χ0n) is 14.6. The Bertz CT molecular complexity index is 790. The first-order valence-corrected chi connectivity index (χ1v) is 7.80. The Morgan fingerprint density at radius 3 is 2.37 bits per heavy atom. The van der Waals surface area contributed by atoms with Crippen LogP contribution in [0.5, 0.6) is 0 Å².